The largest absolute Gasteiger partial charge is 0.354 e. The maximum absolute atomic E-state index is 4.60. The fraction of sp³-hybridized carbons (Fsp3) is 0.526. The van der Waals surface area contributed by atoms with E-state index < -0.39 is 0 Å². The molecule has 9 heteroatoms. The molecule has 1 aliphatic heterocycles. The molecule has 7 nitrogen and oxygen atoms in total. The van der Waals surface area contributed by atoms with E-state index in [0.29, 0.717) is 12.6 Å². The molecule has 0 radical (unpaired) electrons. The average molecular weight is 515 g/mol. The molecule has 28 heavy (non-hydrogen) atoms. The number of piperidine rings is 1. The number of guanidine groups is 1. The third kappa shape index (κ3) is 6.85. The van der Waals surface area contributed by atoms with Crippen molar-refractivity contribution in [2.75, 3.05) is 39.1 Å². The number of hydrogen-bond acceptors (Lipinski definition) is 6. The number of pyridine rings is 1. The van der Waals surface area contributed by atoms with Crippen LogP contribution in [0.2, 0.25) is 0 Å². The number of thiazole rings is 1. The maximum atomic E-state index is 4.60. The van der Waals surface area contributed by atoms with Gasteiger partial charge in [-0.3, -0.25) is 14.9 Å². The lowest BCUT2D eigenvalue weighted by atomic mass is 10.0. The number of hydrogen-bond donors (Lipinski definition) is 2. The van der Waals surface area contributed by atoms with Crippen LogP contribution in [0.5, 0.6) is 0 Å². The Hall–Kier alpha value is -1.46. The number of anilines is 1. The molecule has 0 unspecified atom stereocenters. The van der Waals surface area contributed by atoms with E-state index in [4.69, 9.17) is 0 Å². The zero-order valence-electron chi connectivity index (χ0n) is 16.8. The van der Waals surface area contributed by atoms with Crippen LogP contribution in [0.15, 0.2) is 34.8 Å². The highest BCUT2D eigenvalue weighted by atomic mass is 127. The second kappa shape index (κ2) is 11.5. The van der Waals surface area contributed by atoms with E-state index in [1.54, 1.807) is 11.3 Å². The summed E-state index contributed by atoms with van der Waals surface area (Å²) in [6.07, 6.45) is 4.08. The van der Waals surface area contributed by atoms with E-state index in [-0.39, 0.29) is 24.0 Å². The molecule has 3 heterocycles. The van der Waals surface area contributed by atoms with E-state index in [1.165, 1.54) is 0 Å². The molecule has 2 aromatic heterocycles. The minimum atomic E-state index is 0. The van der Waals surface area contributed by atoms with Crippen molar-refractivity contribution in [1.29, 1.82) is 0 Å². The summed E-state index contributed by atoms with van der Waals surface area (Å²) < 4.78 is 0. The van der Waals surface area contributed by atoms with Crippen LogP contribution in [0.3, 0.4) is 0 Å². The first-order valence-electron chi connectivity index (χ1n) is 9.35. The summed E-state index contributed by atoms with van der Waals surface area (Å²) in [5.74, 6) is 0.845. The van der Waals surface area contributed by atoms with Crippen LogP contribution in [-0.2, 0) is 13.1 Å². The number of aromatic nitrogens is 2. The highest BCUT2D eigenvalue weighted by Gasteiger charge is 2.20. The van der Waals surface area contributed by atoms with E-state index in [2.05, 4.69) is 48.0 Å². The van der Waals surface area contributed by atoms with Gasteiger partial charge in [-0.15, -0.1) is 35.3 Å². The molecule has 0 amide bonds. The monoisotopic (exact) mass is 515 g/mol. The van der Waals surface area contributed by atoms with Crippen molar-refractivity contribution >= 4 is 46.4 Å². The Kier molecular flexibility index (Phi) is 9.39. The van der Waals surface area contributed by atoms with Crippen molar-refractivity contribution < 1.29 is 0 Å². The molecule has 0 atom stereocenters. The van der Waals surface area contributed by atoms with Crippen molar-refractivity contribution in [3.05, 3.63) is 41.2 Å². The zero-order valence-corrected chi connectivity index (χ0v) is 19.9. The maximum Gasteiger partial charge on any atom is 0.191 e. The van der Waals surface area contributed by atoms with Crippen LogP contribution in [0.25, 0.3) is 0 Å². The van der Waals surface area contributed by atoms with E-state index in [1.807, 2.05) is 38.3 Å². The minimum absolute atomic E-state index is 0. The van der Waals surface area contributed by atoms with Gasteiger partial charge in [-0.05, 0) is 25.0 Å². The Morgan fingerprint density at radius 3 is 2.68 bits per heavy atom. The van der Waals surface area contributed by atoms with Gasteiger partial charge in [-0.25, -0.2) is 4.98 Å². The number of halogens is 1. The van der Waals surface area contributed by atoms with Crippen molar-refractivity contribution in [3.63, 3.8) is 0 Å². The molecule has 1 fully saturated rings. The van der Waals surface area contributed by atoms with Gasteiger partial charge < -0.3 is 15.5 Å². The van der Waals surface area contributed by atoms with Crippen LogP contribution in [-0.4, -0.2) is 61.1 Å². The van der Waals surface area contributed by atoms with Crippen LogP contribution in [0.1, 0.15) is 24.2 Å². The first-order chi connectivity index (χ1) is 13.1. The van der Waals surface area contributed by atoms with Crippen LogP contribution in [0, 0.1) is 0 Å². The number of likely N-dealkylation sites (tertiary alicyclic amines) is 1. The number of nitrogens with one attached hydrogen (secondary N) is 2. The molecule has 0 aromatic carbocycles. The lowest BCUT2D eigenvalue weighted by Gasteiger charge is -2.32. The summed E-state index contributed by atoms with van der Waals surface area (Å²) in [7, 11) is 5.84. The molecule has 0 spiro atoms. The van der Waals surface area contributed by atoms with Gasteiger partial charge in [0.2, 0.25) is 0 Å². The number of aliphatic imine (C=N–C) groups is 1. The third-order valence-electron chi connectivity index (χ3n) is 4.62. The van der Waals surface area contributed by atoms with Gasteiger partial charge in [-0.2, -0.15) is 0 Å². The Labute approximate surface area is 188 Å². The van der Waals surface area contributed by atoms with Gasteiger partial charge in [0.1, 0.15) is 0 Å². The van der Waals surface area contributed by atoms with Gasteiger partial charge in [0.15, 0.2) is 11.1 Å². The smallest absolute Gasteiger partial charge is 0.191 e. The van der Waals surface area contributed by atoms with Gasteiger partial charge in [0.05, 0.1) is 17.9 Å². The lowest BCUT2D eigenvalue weighted by Crippen LogP contribution is -2.48. The van der Waals surface area contributed by atoms with E-state index >= 15 is 0 Å². The van der Waals surface area contributed by atoms with Crippen molar-refractivity contribution in [1.82, 2.24) is 25.5 Å². The van der Waals surface area contributed by atoms with Crippen molar-refractivity contribution in [3.8, 4) is 0 Å². The summed E-state index contributed by atoms with van der Waals surface area (Å²) in [5, 5.41) is 10.0. The summed E-state index contributed by atoms with van der Waals surface area (Å²) in [5.41, 5.74) is 2.18. The molecule has 0 bridgehead atoms. The number of rotatable bonds is 6. The van der Waals surface area contributed by atoms with Crippen molar-refractivity contribution in [2.24, 2.45) is 4.99 Å². The normalized spacial score (nSPS) is 15.8. The minimum Gasteiger partial charge on any atom is -0.354 e. The topological polar surface area (TPSA) is 68.7 Å². The van der Waals surface area contributed by atoms with Crippen LogP contribution >= 0.6 is 35.3 Å². The molecule has 1 saturated heterocycles. The molecule has 3 rings (SSSR count). The summed E-state index contributed by atoms with van der Waals surface area (Å²) in [4.78, 5) is 17.9. The first-order valence-corrected chi connectivity index (χ1v) is 10.2. The second-order valence-corrected chi connectivity index (χ2v) is 7.79. The molecule has 1 aliphatic rings. The highest BCUT2D eigenvalue weighted by Crippen LogP contribution is 2.17. The fourth-order valence-corrected chi connectivity index (χ4v) is 3.86. The van der Waals surface area contributed by atoms with E-state index in [9.17, 15) is 0 Å². The zero-order chi connectivity index (χ0) is 19.1. The Morgan fingerprint density at radius 1 is 1.29 bits per heavy atom. The molecule has 2 aromatic rings. The quantitative estimate of drug-likeness (QED) is 0.350. The molecule has 2 N–H and O–H groups in total. The molecular weight excluding hydrogens is 485 g/mol. The lowest BCUT2D eigenvalue weighted by molar-refractivity contribution is 0.196. The van der Waals surface area contributed by atoms with Gasteiger partial charge >= 0.3 is 0 Å². The Balaban J connectivity index is 0.00000280. The van der Waals surface area contributed by atoms with E-state index in [0.717, 1.165) is 55.0 Å². The molecular formula is C19H30IN7S. The van der Waals surface area contributed by atoms with Gasteiger partial charge in [-0.1, -0.05) is 6.07 Å². The third-order valence-corrected chi connectivity index (χ3v) is 5.68. The number of nitrogens with zero attached hydrogens (tertiary/aromatic N) is 5. The van der Waals surface area contributed by atoms with Crippen LogP contribution < -0.4 is 15.5 Å². The van der Waals surface area contributed by atoms with Crippen LogP contribution in [0.4, 0.5) is 5.13 Å². The molecule has 0 saturated carbocycles. The standard InChI is InChI=1S/C19H29N7S.HI/c1-20-18(22-12-17-14-27-19(24-17)25(2)3)23-15-7-10-26(11-8-15)13-16-6-4-5-9-21-16;/h4-6,9,14-15H,7-8,10-13H2,1-3H3,(H2,20,22,23);1H. The SMILES string of the molecule is CN=C(NCc1csc(N(C)C)n1)NC1CCN(Cc2ccccn2)CC1.I. The van der Waals surface area contributed by atoms with Gasteiger partial charge in [0, 0.05) is 58.4 Å². The Morgan fingerprint density at radius 2 is 2.07 bits per heavy atom. The molecule has 0 aliphatic carbocycles. The fourth-order valence-electron chi connectivity index (χ4n) is 3.10. The predicted octanol–water partition coefficient (Wildman–Crippen LogP) is 2.55. The highest BCUT2D eigenvalue weighted by molar-refractivity contribution is 14.0. The summed E-state index contributed by atoms with van der Waals surface area (Å²) >= 11 is 1.66. The summed E-state index contributed by atoms with van der Waals surface area (Å²) in [6.45, 7) is 3.76. The molecule has 154 valence electrons. The Bertz CT molecular complexity index is 727. The second-order valence-electron chi connectivity index (χ2n) is 6.96. The summed E-state index contributed by atoms with van der Waals surface area (Å²) in [6, 6.07) is 6.56. The average Bonchev–Trinajstić information content (AvgIpc) is 3.17. The predicted molar refractivity (Wildman–Crippen MR) is 128 cm³/mol. The van der Waals surface area contributed by atoms with Gasteiger partial charge in [0.25, 0.3) is 0 Å². The first kappa shape index (κ1) is 22.8. The van der Waals surface area contributed by atoms with Crippen molar-refractivity contribution in [2.45, 2.75) is 32.0 Å².